The van der Waals surface area contributed by atoms with Crippen molar-refractivity contribution >= 4 is 23.4 Å². The zero-order chi connectivity index (χ0) is 26.7. The maximum absolute atomic E-state index is 13.7. The first-order valence-electron chi connectivity index (χ1n) is 13.1. The molecule has 5 nitrogen and oxygen atoms in total. The highest BCUT2D eigenvalue weighted by atomic mass is 35.5. The van der Waals surface area contributed by atoms with Gasteiger partial charge >= 0.3 is 0 Å². The summed E-state index contributed by atoms with van der Waals surface area (Å²) >= 11 is 6.59. The van der Waals surface area contributed by atoms with Crippen LogP contribution in [0.4, 0.5) is 0 Å². The fourth-order valence-electron chi connectivity index (χ4n) is 5.46. The van der Waals surface area contributed by atoms with Gasteiger partial charge in [0.15, 0.2) is 0 Å². The number of amides is 2. The molecule has 2 amide bonds. The molecule has 0 aliphatic carbocycles. The Bertz CT molecular complexity index is 1250. The molecule has 1 aliphatic rings. The summed E-state index contributed by atoms with van der Waals surface area (Å²) in [7, 11) is 0. The van der Waals surface area contributed by atoms with Gasteiger partial charge in [0.25, 0.3) is 5.91 Å². The number of nitrogens with zero attached hydrogens (tertiary/aromatic N) is 3. The highest BCUT2D eigenvalue weighted by Crippen LogP contribution is 2.33. The topological polar surface area (TPSA) is 45.6 Å². The molecule has 0 radical (unpaired) electrons. The molecule has 1 atom stereocenters. The molecule has 2 heterocycles. The van der Waals surface area contributed by atoms with Crippen LogP contribution >= 0.6 is 11.6 Å². The van der Waals surface area contributed by atoms with Crippen molar-refractivity contribution in [3.63, 3.8) is 0 Å². The predicted octanol–water partition coefficient (Wildman–Crippen LogP) is 6.85. The molecule has 1 unspecified atom stereocenters. The van der Waals surface area contributed by atoms with Gasteiger partial charge in [0, 0.05) is 38.3 Å². The number of benzene rings is 2. The van der Waals surface area contributed by atoms with Crippen molar-refractivity contribution in [3.05, 3.63) is 76.9 Å². The number of hydrogen-bond donors (Lipinski definition) is 0. The second-order valence-electron chi connectivity index (χ2n) is 11.4. The van der Waals surface area contributed by atoms with Crippen molar-refractivity contribution in [2.45, 2.75) is 47.5 Å². The number of aromatic nitrogens is 1. The normalized spacial score (nSPS) is 15.1. The third-order valence-electron chi connectivity index (χ3n) is 7.04. The summed E-state index contributed by atoms with van der Waals surface area (Å²) in [5, 5.41) is 0.630. The van der Waals surface area contributed by atoms with E-state index in [-0.39, 0.29) is 17.2 Å². The third-order valence-corrected chi connectivity index (χ3v) is 7.36. The van der Waals surface area contributed by atoms with Crippen LogP contribution < -0.4 is 0 Å². The van der Waals surface area contributed by atoms with E-state index < -0.39 is 0 Å². The molecule has 2 aromatic carbocycles. The van der Waals surface area contributed by atoms with Crippen molar-refractivity contribution in [2.24, 2.45) is 11.3 Å². The zero-order valence-electron chi connectivity index (χ0n) is 22.6. The molecule has 0 N–H and O–H groups in total. The Kier molecular flexibility index (Phi) is 8.13. The third kappa shape index (κ3) is 6.27. The Morgan fingerprint density at radius 1 is 0.919 bits per heavy atom. The minimum atomic E-state index is -0.00585. The molecule has 0 saturated carbocycles. The van der Waals surface area contributed by atoms with Crippen molar-refractivity contribution in [3.8, 4) is 16.9 Å². The monoisotopic (exact) mass is 519 g/mol. The van der Waals surface area contributed by atoms with E-state index in [0.29, 0.717) is 49.1 Å². The molecule has 1 fully saturated rings. The number of carbonyl (C=O) groups is 2. The Morgan fingerprint density at radius 2 is 1.51 bits per heavy atom. The van der Waals surface area contributed by atoms with Gasteiger partial charge in [-0.25, -0.2) is 0 Å². The summed E-state index contributed by atoms with van der Waals surface area (Å²) in [4.78, 5) is 30.4. The lowest BCUT2D eigenvalue weighted by molar-refractivity contribution is -0.133. The Balaban J connectivity index is 1.53. The van der Waals surface area contributed by atoms with Crippen LogP contribution in [0.5, 0.6) is 0 Å². The number of carbonyl (C=O) groups excluding carboxylic acids is 2. The van der Waals surface area contributed by atoms with Gasteiger partial charge in [-0.2, -0.15) is 0 Å². The standard InChI is InChI=1S/C31H38ClN3O2/c1-22(21-31(3,4)5)19-29(36)33-15-17-34(18-16-33)30(37)25-20-28(24-11-7-6-8-12-24)35(23(25)2)27-14-10-9-13-26(27)32/h6-14,20,22H,15-19,21H2,1-5H3. The summed E-state index contributed by atoms with van der Waals surface area (Å²) in [6, 6.07) is 19.7. The summed E-state index contributed by atoms with van der Waals surface area (Å²) in [5.74, 6) is 0.528. The van der Waals surface area contributed by atoms with Gasteiger partial charge in [0.2, 0.25) is 5.91 Å². The first-order chi connectivity index (χ1) is 17.5. The van der Waals surface area contributed by atoms with Gasteiger partial charge in [-0.1, -0.05) is 81.8 Å². The maximum atomic E-state index is 13.7. The van der Waals surface area contributed by atoms with Crippen LogP contribution in [0.25, 0.3) is 16.9 Å². The first kappa shape index (κ1) is 27.0. The fourth-order valence-corrected chi connectivity index (χ4v) is 5.68. The molecular formula is C31H38ClN3O2. The van der Waals surface area contributed by atoms with Crippen LogP contribution in [0.15, 0.2) is 60.7 Å². The van der Waals surface area contributed by atoms with Crippen molar-refractivity contribution < 1.29 is 9.59 Å². The van der Waals surface area contributed by atoms with Crippen LogP contribution in [0.3, 0.4) is 0 Å². The predicted molar refractivity (Wildman–Crippen MR) is 151 cm³/mol. The van der Waals surface area contributed by atoms with E-state index >= 15 is 0 Å². The molecule has 1 saturated heterocycles. The van der Waals surface area contributed by atoms with Gasteiger partial charge in [-0.3, -0.25) is 9.59 Å². The lowest BCUT2D eigenvalue weighted by atomic mass is 9.84. The lowest BCUT2D eigenvalue weighted by Crippen LogP contribution is -2.50. The molecule has 6 heteroatoms. The SMILES string of the molecule is Cc1c(C(=O)N2CCN(C(=O)CC(C)CC(C)(C)C)CC2)cc(-c2ccccc2)n1-c1ccccc1Cl. The van der Waals surface area contributed by atoms with Crippen molar-refractivity contribution in [2.75, 3.05) is 26.2 Å². The molecular weight excluding hydrogens is 482 g/mol. The van der Waals surface area contributed by atoms with Crippen LogP contribution in [0.1, 0.15) is 56.6 Å². The smallest absolute Gasteiger partial charge is 0.255 e. The second-order valence-corrected chi connectivity index (χ2v) is 11.8. The van der Waals surface area contributed by atoms with Crippen LogP contribution in [-0.2, 0) is 4.79 Å². The minimum Gasteiger partial charge on any atom is -0.339 e. The second kappa shape index (κ2) is 11.1. The highest BCUT2D eigenvalue weighted by Gasteiger charge is 2.29. The molecule has 37 heavy (non-hydrogen) atoms. The molecule has 3 aromatic rings. The minimum absolute atomic E-state index is 0.00585. The largest absolute Gasteiger partial charge is 0.339 e. The van der Waals surface area contributed by atoms with E-state index in [4.69, 9.17) is 11.6 Å². The van der Waals surface area contributed by atoms with E-state index in [0.717, 1.165) is 29.1 Å². The summed E-state index contributed by atoms with van der Waals surface area (Å²) in [6.07, 6.45) is 1.58. The Hall–Kier alpha value is -3.05. The van der Waals surface area contributed by atoms with Crippen LogP contribution in [0, 0.1) is 18.3 Å². The lowest BCUT2D eigenvalue weighted by Gasteiger charge is -2.35. The Labute approximate surface area is 226 Å². The van der Waals surface area contributed by atoms with Crippen LogP contribution in [0.2, 0.25) is 5.02 Å². The van der Waals surface area contributed by atoms with E-state index in [9.17, 15) is 9.59 Å². The van der Waals surface area contributed by atoms with Gasteiger partial charge in [-0.15, -0.1) is 0 Å². The number of piperazine rings is 1. The summed E-state index contributed by atoms with van der Waals surface area (Å²) < 4.78 is 2.07. The van der Waals surface area contributed by atoms with E-state index in [1.165, 1.54) is 0 Å². The number of rotatable bonds is 6. The van der Waals surface area contributed by atoms with Crippen molar-refractivity contribution in [1.29, 1.82) is 0 Å². The fraction of sp³-hybridized carbons (Fsp3) is 0.419. The van der Waals surface area contributed by atoms with E-state index in [2.05, 4.69) is 32.3 Å². The maximum Gasteiger partial charge on any atom is 0.255 e. The average molecular weight is 520 g/mol. The summed E-state index contributed by atoms with van der Waals surface area (Å²) in [6.45, 7) is 13.0. The molecule has 1 aliphatic heterocycles. The Morgan fingerprint density at radius 3 is 2.14 bits per heavy atom. The molecule has 1 aromatic heterocycles. The molecule has 0 bridgehead atoms. The first-order valence-corrected chi connectivity index (χ1v) is 13.5. The van der Waals surface area contributed by atoms with Crippen molar-refractivity contribution in [1.82, 2.24) is 14.4 Å². The van der Waals surface area contributed by atoms with Gasteiger partial charge in [0.1, 0.15) is 0 Å². The summed E-state index contributed by atoms with van der Waals surface area (Å²) in [5.41, 5.74) is 4.52. The van der Waals surface area contributed by atoms with Gasteiger partial charge in [0.05, 0.1) is 22.0 Å². The molecule has 196 valence electrons. The number of hydrogen-bond acceptors (Lipinski definition) is 2. The molecule has 0 spiro atoms. The zero-order valence-corrected chi connectivity index (χ0v) is 23.4. The van der Waals surface area contributed by atoms with Gasteiger partial charge < -0.3 is 14.4 Å². The van der Waals surface area contributed by atoms with E-state index in [1.807, 2.05) is 77.4 Å². The molecule has 4 rings (SSSR count). The van der Waals surface area contributed by atoms with Crippen LogP contribution in [-0.4, -0.2) is 52.4 Å². The number of para-hydroxylation sites is 1. The average Bonchev–Trinajstić information content (AvgIpc) is 3.20. The quantitative estimate of drug-likeness (QED) is 0.357. The van der Waals surface area contributed by atoms with Gasteiger partial charge in [-0.05, 0) is 48.4 Å². The number of halogens is 1. The van der Waals surface area contributed by atoms with E-state index in [1.54, 1.807) is 0 Å². The highest BCUT2D eigenvalue weighted by molar-refractivity contribution is 6.32.